The smallest absolute Gasteiger partial charge is 0.270 e. The fourth-order valence-electron chi connectivity index (χ4n) is 2.68. The number of nitro groups is 1. The number of likely N-dealkylation sites (N-methyl/N-ethyl adjacent to an activating group) is 1. The first-order chi connectivity index (χ1) is 14.3. The molecule has 1 aromatic heterocycles. The lowest BCUT2D eigenvalue weighted by molar-refractivity contribution is -0.384. The number of benzene rings is 2. The molecule has 0 saturated carbocycles. The summed E-state index contributed by atoms with van der Waals surface area (Å²) in [6.07, 6.45) is 0.358. The van der Waals surface area contributed by atoms with E-state index in [0.717, 1.165) is 4.90 Å². The van der Waals surface area contributed by atoms with Crippen LogP contribution in [0.4, 0.5) is 10.8 Å². The van der Waals surface area contributed by atoms with Gasteiger partial charge in [0.25, 0.3) is 5.69 Å². The maximum Gasteiger partial charge on any atom is 0.270 e. The number of aromatic nitrogens is 1. The molecule has 158 valence electrons. The first-order valence-electron chi connectivity index (χ1n) is 9.22. The van der Waals surface area contributed by atoms with Crippen molar-refractivity contribution in [3.05, 3.63) is 57.6 Å². The second kappa shape index (κ2) is 10.2. The fourth-order valence-corrected chi connectivity index (χ4v) is 4.69. The van der Waals surface area contributed by atoms with Crippen LogP contribution in [0.25, 0.3) is 10.2 Å². The molecule has 0 N–H and O–H groups in total. The summed E-state index contributed by atoms with van der Waals surface area (Å²) >= 11 is 8.80. The van der Waals surface area contributed by atoms with Gasteiger partial charge in [0, 0.05) is 47.3 Å². The number of hydrogen-bond acceptors (Lipinski definition) is 7. The Labute approximate surface area is 187 Å². The van der Waals surface area contributed by atoms with Crippen molar-refractivity contribution in [1.29, 1.82) is 0 Å². The predicted molar refractivity (Wildman–Crippen MR) is 124 cm³/mol. The second-order valence-corrected chi connectivity index (χ2v) is 9.42. The average Bonchev–Trinajstić information content (AvgIpc) is 3.12. The van der Waals surface area contributed by atoms with Gasteiger partial charge in [-0.3, -0.25) is 19.8 Å². The molecule has 0 atom stereocenters. The summed E-state index contributed by atoms with van der Waals surface area (Å²) in [5.41, 5.74) is 0.669. The van der Waals surface area contributed by atoms with E-state index in [9.17, 15) is 14.9 Å². The monoisotopic (exact) mass is 464 g/mol. The molecule has 3 aromatic rings. The van der Waals surface area contributed by atoms with Crippen LogP contribution < -0.4 is 4.90 Å². The molecular formula is C20H21ClN4O3S2. The fraction of sp³-hybridized carbons (Fsp3) is 0.300. The maximum atomic E-state index is 13.0. The Morgan fingerprint density at radius 2 is 1.93 bits per heavy atom. The zero-order valence-electron chi connectivity index (χ0n) is 16.6. The maximum absolute atomic E-state index is 13.0. The summed E-state index contributed by atoms with van der Waals surface area (Å²) in [4.78, 5) is 32.9. The molecule has 0 radical (unpaired) electrons. The number of carbonyl (C=O) groups excluding carboxylic acids is 1. The number of thioether (sulfide) groups is 1. The number of nitrogens with zero attached hydrogens (tertiary/aromatic N) is 4. The Morgan fingerprint density at radius 3 is 2.60 bits per heavy atom. The zero-order valence-corrected chi connectivity index (χ0v) is 19.0. The largest absolute Gasteiger partial charge is 0.308 e. The third-order valence-corrected chi connectivity index (χ3v) is 6.58. The van der Waals surface area contributed by atoms with Crippen LogP contribution in [-0.4, -0.2) is 53.7 Å². The van der Waals surface area contributed by atoms with Gasteiger partial charge >= 0.3 is 0 Å². The minimum atomic E-state index is -0.429. The highest BCUT2D eigenvalue weighted by atomic mass is 35.5. The van der Waals surface area contributed by atoms with E-state index in [2.05, 4.69) is 4.98 Å². The van der Waals surface area contributed by atoms with Gasteiger partial charge in [0.05, 0.1) is 15.1 Å². The van der Waals surface area contributed by atoms with Crippen molar-refractivity contribution >= 4 is 61.6 Å². The van der Waals surface area contributed by atoms with Crippen molar-refractivity contribution in [3.63, 3.8) is 0 Å². The Kier molecular flexibility index (Phi) is 7.65. The summed E-state index contributed by atoms with van der Waals surface area (Å²) in [6.45, 7) is 1.19. The van der Waals surface area contributed by atoms with Crippen LogP contribution >= 0.6 is 34.7 Å². The van der Waals surface area contributed by atoms with Gasteiger partial charge in [0.15, 0.2) is 5.13 Å². The highest BCUT2D eigenvalue weighted by molar-refractivity contribution is 7.99. The van der Waals surface area contributed by atoms with E-state index in [1.54, 1.807) is 22.7 Å². The number of non-ortho nitro benzene ring substituents is 1. The molecule has 0 aliphatic carbocycles. The van der Waals surface area contributed by atoms with Crippen molar-refractivity contribution in [2.75, 3.05) is 37.8 Å². The molecule has 0 spiro atoms. The second-order valence-electron chi connectivity index (χ2n) is 6.81. The Morgan fingerprint density at radius 1 is 1.20 bits per heavy atom. The van der Waals surface area contributed by atoms with E-state index in [4.69, 9.17) is 11.6 Å². The summed E-state index contributed by atoms with van der Waals surface area (Å²) in [7, 11) is 3.89. The van der Waals surface area contributed by atoms with Crippen LogP contribution in [0.2, 0.25) is 5.02 Å². The summed E-state index contributed by atoms with van der Waals surface area (Å²) in [5, 5.41) is 12.3. The molecule has 0 aliphatic heterocycles. The van der Waals surface area contributed by atoms with Crippen LogP contribution in [0.5, 0.6) is 0 Å². The van der Waals surface area contributed by atoms with Gasteiger partial charge in [-0.2, -0.15) is 0 Å². The Hall–Kier alpha value is -2.20. The van der Waals surface area contributed by atoms with Gasteiger partial charge < -0.3 is 4.90 Å². The molecule has 1 amide bonds. The van der Waals surface area contributed by atoms with Crippen molar-refractivity contribution in [2.45, 2.75) is 11.3 Å². The van der Waals surface area contributed by atoms with E-state index < -0.39 is 4.92 Å². The third kappa shape index (κ3) is 5.91. The van der Waals surface area contributed by atoms with E-state index >= 15 is 0 Å². The number of nitro benzene ring substituents is 1. The van der Waals surface area contributed by atoms with Crippen LogP contribution in [0.3, 0.4) is 0 Å². The first kappa shape index (κ1) is 22.5. The number of carbonyl (C=O) groups is 1. The lowest BCUT2D eigenvalue weighted by atomic mass is 10.3. The van der Waals surface area contributed by atoms with E-state index in [1.807, 2.05) is 43.3 Å². The summed E-state index contributed by atoms with van der Waals surface area (Å²) in [6, 6.07) is 12.1. The molecule has 3 rings (SSSR count). The van der Waals surface area contributed by atoms with Crippen molar-refractivity contribution in [2.24, 2.45) is 0 Å². The summed E-state index contributed by atoms with van der Waals surface area (Å²) < 4.78 is 0.692. The van der Waals surface area contributed by atoms with Gasteiger partial charge in [-0.15, -0.1) is 11.8 Å². The minimum absolute atomic E-state index is 0.0169. The molecule has 2 aromatic carbocycles. The van der Waals surface area contributed by atoms with Crippen molar-refractivity contribution in [1.82, 2.24) is 9.88 Å². The third-order valence-electron chi connectivity index (χ3n) is 4.27. The van der Waals surface area contributed by atoms with Crippen LogP contribution in [-0.2, 0) is 4.79 Å². The van der Waals surface area contributed by atoms with Crippen LogP contribution in [0.15, 0.2) is 47.4 Å². The van der Waals surface area contributed by atoms with Gasteiger partial charge in [-0.05, 0) is 44.4 Å². The van der Waals surface area contributed by atoms with Crippen molar-refractivity contribution < 1.29 is 9.72 Å². The quantitative estimate of drug-likeness (QED) is 0.253. The van der Waals surface area contributed by atoms with Crippen molar-refractivity contribution in [3.8, 4) is 0 Å². The molecule has 0 bridgehead atoms. The molecule has 0 fully saturated rings. The van der Waals surface area contributed by atoms with Gasteiger partial charge in [0.2, 0.25) is 5.91 Å². The molecule has 0 unspecified atom stereocenters. The van der Waals surface area contributed by atoms with Gasteiger partial charge in [-0.25, -0.2) is 4.98 Å². The first-order valence-corrected chi connectivity index (χ1v) is 11.4. The lowest BCUT2D eigenvalue weighted by Gasteiger charge is -2.22. The van der Waals surface area contributed by atoms with E-state index in [0.29, 0.717) is 45.6 Å². The van der Waals surface area contributed by atoms with Crippen LogP contribution in [0, 0.1) is 10.1 Å². The van der Waals surface area contributed by atoms with E-state index in [1.165, 1.54) is 23.5 Å². The molecule has 0 saturated heterocycles. The standard InChI is InChI=1S/C20H21ClN4O3S2/c1-23(2)10-11-24(19(26)9-12-29-16-6-3-14(21)4-7-16)20-22-17-8-5-15(25(27)28)13-18(17)30-20/h3-8,13H,9-12H2,1-2H3. The minimum Gasteiger partial charge on any atom is -0.308 e. The van der Waals surface area contributed by atoms with Crippen LogP contribution in [0.1, 0.15) is 6.42 Å². The summed E-state index contributed by atoms with van der Waals surface area (Å²) in [5.74, 6) is 0.613. The molecule has 0 aliphatic rings. The van der Waals surface area contributed by atoms with Gasteiger partial charge in [-0.1, -0.05) is 22.9 Å². The Bertz CT molecular complexity index is 1040. The number of amides is 1. The number of hydrogen-bond donors (Lipinski definition) is 0. The molecule has 30 heavy (non-hydrogen) atoms. The topological polar surface area (TPSA) is 79.6 Å². The number of anilines is 1. The molecule has 1 heterocycles. The average molecular weight is 465 g/mol. The number of rotatable bonds is 9. The Balaban J connectivity index is 1.74. The predicted octanol–water partition coefficient (Wildman–Crippen LogP) is 4.93. The highest BCUT2D eigenvalue weighted by Gasteiger charge is 2.20. The molecule has 10 heteroatoms. The van der Waals surface area contributed by atoms with E-state index in [-0.39, 0.29) is 11.6 Å². The normalized spacial score (nSPS) is 11.2. The number of thiazole rings is 1. The SMILES string of the molecule is CN(C)CCN(C(=O)CCSc1ccc(Cl)cc1)c1nc2ccc([N+](=O)[O-])cc2s1. The lowest BCUT2D eigenvalue weighted by Crippen LogP contribution is -2.36. The molecular weight excluding hydrogens is 444 g/mol. The highest BCUT2D eigenvalue weighted by Crippen LogP contribution is 2.32. The molecule has 7 nitrogen and oxygen atoms in total. The number of fused-ring (bicyclic) bond motifs is 1. The number of halogens is 1. The van der Waals surface area contributed by atoms with Gasteiger partial charge in [0.1, 0.15) is 0 Å². The zero-order chi connectivity index (χ0) is 21.7.